The van der Waals surface area contributed by atoms with E-state index in [4.69, 9.17) is 4.74 Å². The summed E-state index contributed by atoms with van der Waals surface area (Å²) in [6.45, 7) is 6.84. The summed E-state index contributed by atoms with van der Waals surface area (Å²) in [4.78, 5) is 9.24. The summed E-state index contributed by atoms with van der Waals surface area (Å²) >= 11 is 0. The van der Waals surface area contributed by atoms with Gasteiger partial charge in [0.25, 0.3) is 0 Å². The lowest BCUT2D eigenvalue weighted by molar-refractivity contribution is 0.483. The van der Waals surface area contributed by atoms with Gasteiger partial charge in [-0.1, -0.05) is 154 Å². The second-order valence-corrected chi connectivity index (χ2v) is 18.0. The minimum absolute atomic E-state index is 0.152. The summed E-state index contributed by atoms with van der Waals surface area (Å²) in [5.41, 5.74) is 13.4. The minimum atomic E-state index is -0.152. The van der Waals surface area contributed by atoms with Crippen LogP contribution in [0.2, 0.25) is 0 Å². The first-order chi connectivity index (χ1) is 33.9. The molecule has 0 fully saturated rings. The first-order valence-corrected chi connectivity index (χ1v) is 23.5. The predicted octanol–water partition coefficient (Wildman–Crippen LogP) is 18.7. The van der Waals surface area contributed by atoms with Crippen LogP contribution in [0.5, 0.6) is 11.5 Å². The van der Waals surface area contributed by atoms with Gasteiger partial charge in [-0.05, 0) is 132 Å². The topological polar surface area (TPSA) is 22.2 Å². The van der Waals surface area contributed by atoms with Crippen LogP contribution in [0.1, 0.15) is 26.3 Å². The van der Waals surface area contributed by atoms with E-state index in [0.29, 0.717) is 11.5 Å². The minimum Gasteiger partial charge on any atom is -0.457 e. The van der Waals surface area contributed by atoms with E-state index < -0.39 is 0 Å². The van der Waals surface area contributed by atoms with E-state index in [2.05, 4.69) is 307 Å². The Hall–Kier alpha value is -8.80. The Kier molecular flexibility index (Phi) is 12.8. The van der Waals surface area contributed by atoms with Crippen LogP contribution in [0.15, 0.2) is 273 Å². The number of rotatable bonds is 14. The summed E-state index contributed by atoms with van der Waals surface area (Å²) in [6.07, 6.45) is 0. The largest absolute Gasteiger partial charge is 0.457 e. The molecule has 0 heterocycles. The molecule has 0 atom stereocenters. The second-order valence-electron chi connectivity index (χ2n) is 18.0. The lowest BCUT2D eigenvalue weighted by Gasteiger charge is -2.32. The number of nitrogens with zero attached hydrogens (tertiary/aromatic N) is 4. The third-order valence-electron chi connectivity index (χ3n) is 12.1. The highest BCUT2D eigenvalue weighted by molar-refractivity contribution is 5.86. The predicted molar refractivity (Wildman–Crippen MR) is 290 cm³/mol. The summed E-state index contributed by atoms with van der Waals surface area (Å²) < 4.78 is 7.13. The molecule has 0 aliphatic heterocycles. The van der Waals surface area contributed by atoms with E-state index in [-0.39, 0.29) is 5.41 Å². The molecule has 10 aromatic carbocycles. The van der Waals surface area contributed by atoms with Crippen LogP contribution in [0.3, 0.4) is 0 Å². The SMILES string of the molecule is CC(C)(C)c1cc(N(c2ccccc2)c2ccccc2)cc(N(c2ccccc2)c2cccc(Oc3cc(N(c4ccccc4)c4ccccc4)cc(N(c4ccccc4)c4ccccc4)c3)c2)c1. The number of benzene rings is 10. The van der Waals surface area contributed by atoms with E-state index in [1.54, 1.807) is 0 Å². The molecule has 336 valence electrons. The lowest BCUT2D eigenvalue weighted by atomic mass is 9.86. The van der Waals surface area contributed by atoms with E-state index in [9.17, 15) is 0 Å². The Bertz CT molecular complexity index is 3000. The maximum atomic E-state index is 7.13. The van der Waals surface area contributed by atoms with Crippen LogP contribution < -0.4 is 24.3 Å². The molecule has 0 amide bonds. The fourth-order valence-corrected chi connectivity index (χ4v) is 8.82. The van der Waals surface area contributed by atoms with Crippen LogP contribution >= 0.6 is 0 Å². The van der Waals surface area contributed by atoms with Crippen molar-refractivity contribution in [3.05, 3.63) is 279 Å². The number of hydrogen-bond donors (Lipinski definition) is 0. The van der Waals surface area contributed by atoms with Gasteiger partial charge in [0, 0.05) is 75.1 Å². The molecule has 10 aromatic rings. The van der Waals surface area contributed by atoms with Crippen molar-refractivity contribution in [2.45, 2.75) is 26.2 Å². The average Bonchev–Trinajstić information content (AvgIpc) is 3.39. The summed E-state index contributed by atoms with van der Waals surface area (Å²) in [6, 6.07) is 95.8. The van der Waals surface area contributed by atoms with Crippen molar-refractivity contribution < 1.29 is 4.74 Å². The summed E-state index contributed by atoms with van der Waals surface area (Å²) in [5, 5.41) is 0. The number of ether oxygens (including phenoxy) is 1. The molecule has 5 nitrogen and oxygen atoms in total. The van der Waals surface area contributed by atoms with Crippen LogP contribution in [0.4, 0.5) is 68.2 Å². The zero-order chi connectivity index (χ0) is 47.0. The zero-order valence-corrected chi connectivity index (χ0v) is 39.2. The fraction of sp³-hybridized carbons (Fsp3) is 0.0625. The molecule has 0 N–H and O–H groups in total. The summed E-state index contributed by atoms with van der Waals surface area (Å²) in [7, 11) is 0. The third kappa shape index (κ3) is 10.00. The smallest absolute Gasteiger partial charge is 0.131 e. The van der Waals surface area contributed by atoms with Gasteiger partial charge in [0.2, 0.25) is 0 Å². The fourth-order valence-electron chi connectivity index (χ4n) is 8.82. The van der Waals surface area contributed by atoms with Gasteiger partial charge in [-0.2, -0.15) is 0 Å². The van der Waals surface area contributed by atoms with E-state index >= 15 is 0 Å². The Morgan fingerprint density at radius 3 is 0.768 bits per heavy atom. The maximum Gasteiger partial charge on any atom is 0.131 e. The third-order valence-corrected chi connectivity index (χ3v) is 12.1. The Morgan fingerprint density at radius 2 is 0.478 bits per heavy atom. The van der Waals surface area contributed by atoms with Crippen LogP contribution in [0, 0.1) is 0 Å². The van der Waals surface area contributed by atoms with Crippen molar-refractivity contribution in [2.75, 3.05) is 19.6 Å². The Morgan fingerprint density at radius 1 is 0.232 bits per heavy atom. The summed E-state index contributed by atoms with van der Waals surface area (Å²) in [5.74, 6) is 1.40. The van der Waals surface area contributed by atoms with Gasteiger partial charge in [0.15, 0.2) is 0 Å². The molecular formula is C64H54N4O. The highest BCUT2D eigenvalue weighted by Gasteiger charge is 2.24. The van der Waals surface area contributed by atoms with Crippen molar-refractivity contribution in [3.63, 3.8) is 0 Å². The highest BCUT2D eigenvalue weighted by Crippen LogP contribution is 2.46. The van der Waals surface area contributed by atoms with Gasteiger partial charge in [-0.3, -0.25) is 0 Å². The molecule has 0 saturated carbocycles. The molecule has 0 spiro atoms. The Labute approximate surface area is 407 Å². The van der Waals surface area contributed by atoms with Crippen LogP contribution in [-0.4, -0.2) is 0 Å². The van der Waals surface area contributed by atoms with Crippen molar-refractivity contribution in [1.82, 2.24) is 0 Å². The monoisotopic (exact) mass is 894 g/mol. The first kappa shape index (κ1) is 44.1. The molecule has 0 aliphatic rings. The normalized spacial score (nSPS) is 11.1. The molecule has 0 saturated heterocycles. The second kappa shape index (κ2) is 20.0. The molecule has 0 aromatic heterocycles. The van der Waals surface area contributed by atoms with Gasteiger partial charge in [-0.25, -0.2) is 0 Å². The van der Waals surface area contributed by atoms with Crippen LogP contribution in [-0.2, 0) is 5.41 Å². The van der Waals surface area contributed by atoms with Gasteiger partial charge >= 0.3 is 0 Å². The quantitative estimate of drug-likeness (QED) is 0.108. The van der Waals surface area contributed by atoms with E-state index in [1.165, 1.54) is 5.56 Å². The van der Waals surface area contributed by atoms with Crippen LogP contribution in [0.25, 0.3) is 0 Å². The number of anilines is 12. The standard InChI is InChI=1S/C64H54N4O/c1-64(2,3)49-42-58(65(50-26-11-4-12-27-50)51-28-13-5-14-29-51)44-59(43-49)68(56-38-23-10-24-39-56)57-40-25-41-62(46-57)69-63-47-60(66(52-30-15-6-16-31-52)53-32-17-7-18-33-53)45-61(48-63)67(54-34-19-8-20-35-54)55-36-21-9-22-37-55/h4-48H,1-3H3. The van der Waals surface area contributed by atoms with E-state index in [0.717, 1.165) is 68.2 Å². The highest BCUT2D eigenvalue weighted by atomic mass is 16.5. The molecule has 0 bridgehead atoms. The molecule has 69 heavy (non-hydrogen) atoms. The van der Waals surface area contributed by atoms with Crippen molar-refractivity contribution in [3.8, 4) is 11.5 Å². The zero-order valence-electron chi connectivity index (χ0n) is 39.2. The van der Waals surface area contributed by atoms with Gasteiger partial charge < -0.3 is 24.3 Å². The molecule has 0 radical (unpaired) electrons. The van der Waals surface area contributed by atoms with Crippen molar-refractivity contribution in [2.24, 2.45) is 0 Å². The molecule has 10 rings (SSSR count). The van der Waals surface area contributed by atoms with Gasteiger partial charge in [0.1, 0.15) is 11.5 Å². The maximum absolute atomic E-state index is 7.13. The Balaban J connectivity index is 1.13. The van der Waals surface area contributed by atoms with Gasteiger partial charge in [-0.15, -0.1) is 0 Å². The van der Waals surface area contributed by atoms with Crippen molar-refractivity contribution in [1.29, 1.82) is 0 Å². The molecule has 5 heteroatoms. The van der Waals surface area contributed by atoms with Crippen molar-refractivity contribution >= 4 is 68.2 Å². The molecule has 0 aliphatic carbocycles. The number of hydrogen-bond acceptors (Lipinski definition) is 5. The average molecular weight is 895 g/mol. The molecular weight excluding hydrogens is 841 g/mol. The first-order valence-electron chi connectivity index (χ1n) is 23.5. The van der Waals surface area contributed by atoms with E-state index in [1.807, 2.05) is 6.07 Å². The lowest BCUT2D eigenvalue weighted by Crippen LogP contribution is -2.17. The molecule has 0 unspecified atom stereocenters. The number of para-hydroxylation sites is 7. The van der Waals surface area contributed by atoms with Gasteiger partial charge in [0.05, 0.1) is 11.4 Å².